The van der Waals surface area contributed by atoms with Crippen molar-refractivity contribution in [1.82, 2.24) is 20.0 Å². The molecule has 1 aromatic carbocycles. The Hall–Kier alpha value is -2.96. The summed E-state index contributed by atoms with van der Waals surface area (Å²) in [6, 6.07) is 4.98. The lowest BCUT2D eigenvalue weighted by Gasteiger charge is -2.26. The summed E-state index contributed by atoms with van der Waals surface area (Å²) < 4.78 is 73.4. The molecule has 7 nitrogen and oxygen atoms in total. The largest absolute Gasteiger partial charge is 0.493 e. The zero-order valence-electron chi connectivity index (χ0n) is 16.7. The van der Waals surface area contributed by atoms with Crippen molar-refractivity contribution < 1.29 is 31.5 Å². The Morgan fingerprint density at radius 3 is 2.72 bits per heavy atom. The van der Waals surface area contributed by atoms with E-state index in [0.717, 1.165) is 26.2 Å². The molecule has 1 fully saturated rings. The molecule has 3 heterocycles. The summed E-state index contributed by atoms with van der Waals surface area (Å²) in [4.78, 5) is 13.1. The van der Waals surface area contributed by atoms with E-state index < -0.39 is 51.8 Å². The van der Waals surface area contributed by atoms with Crippen molar-refractivity contribution in [1.29, 1.82) is 0 Å². The summed E-state index contributed by atoms with van der Waals surface area (Å²) in [6.45, 7) is 0.984. The number of thioether (sulfide) groups is 1. The van der Waals surface area contributed by atoms with Gasteiger partial charge in [0.05, 0.1) is 24.2 Å². The molecule has 0 saturated carbocycles. The number of aromatic nitrogens is 4. The first kappa shape index (κ1) is 22.2. The Labute approximate surface area is 182 Å². The molecule has 0 radical (unpaired) electrons. The van der Waals surface area contributed by atoms with E-state index in [-0.39, 0.29) is 11.3 Å². The molecule has 1 saturated heterocycles. The lowest BCUT2D eigenvalue weighted by atomic mass is 9.85. The van der Waals surface area contributed by atoms with Crippen LogP contribution in [0.4, 0.5) is 27.6 Å². The third-order valence-corrected chi connectivity index (χ3v) is 7.08. The van der Waals surface area contributed by atoms with Gasteiger partial charge in [0.1, 0.15) is 4.75 Å². The third-order valence-electron chi connectivity index (χ3n) is 5.36. The van der Waals surface area contributed by atoms with Gasteiger partial charge in [0.2, 0.25) is 11.7 Å². The average Bonchev–Trinajstić information content (AvgIpc) is 3.34. The van der Waals surface area contributed by atoms with E-state index in [1.54, 1.807) is 0 Å². The lowest BCUT2D eigenvalue weighted by Crippen LogP contribution is -2.37. The van der Waals surface area contributed by atoms with Gasteiger partial charge < -0.3 is 10.1 Å². The number of nitrogens with one attached hydrogen (secondary N) is 1. The Bertz CT molecular complexity index is 1190. The first-order valence-corrected chi connectivity index (χ1v) is 10.2. The maximum atomic E-state index is 14.3. The number of tetrazole rings is 1. The highest BCUT2D eigenvalue weighted by Gasteiger charge is 2.60. The first-order valence-electron chi connectivity index (χ1n) is 9.29. The van der Waals surface area contributed by atoms with E-state index in [1.165, 1.54) is 22.8 Å². The SMILES string of the molecule is COc1c([C@@H]2C[C@](C)(C(F)(F)F)S[C@H]2C(=O)Nc2ccc3nnnn3c2)ccc(F)c1F. The highest BCUT2D eigenvalue weighted by atomic mass is 32.2. The van der Waals surface area contributed by atoms with Crippen LogP contribution in [0.1, 0.15) is 24.8 Å². The Balaban J connectivity index is 1.71. The fourth-order valence-corrected chi connectivity index (χ4v) is 5.25. The van der Waals surface area contributed by atoms with Crippen LogP contribution in [0.2, 0.25) is 0 Å². The van der Waals surface area contributed by atoms with Gasteiger partial charge in [0.25, 0.3) is 0 Å². The number of hydrogen-bond donors (Lipinski definition) is 1. The standard InChI is InChI=1S/C19H16F5N5O2S/c1-18(19(22,23)24)7-11(10-4-5-12(20)14(21)15(10)31-2)16(32-18)17(30)25-9-3-6-13-26-27-28-29(13)8-9/h3-6,8,11,16H,7H2,1-2H3,(H,25,30)/t11-,16+,18+/m0/s1. The molecule has 13 heteroatoms. The molecule has 0 unspecified atom stereocenters. The predicted octanol–water partition coefficient (Wildman–Crippen LogP) is 3.96. The van der Waals surface area contributed by atoms with Gasteiger partial charge in [0, 0.05) is 11.5 Å². The number of amides is 1. The molecule has 4 rings (SSSR count). The Kier molecular flexibility index (Phi) is 5.47. The van der Waals surface area contributed by atoms with Gasteiger partial charge in [0.15, 0.2) is 17.2 Å². The quantitative estimate of drug-likeness (QED) is 0.578. The van der Waals surface area contributed by atoms with E-state index in [1.807, 2.05) is 0 Å². The maximum Gasteiger partial charge on any atom is 0.403 e. The Morgan fingerprint density at radius 2 is 2.03 bits per heavy atom. The summed E-state index contributed by atoms with van der Waals surface area (Å²) in [5, 5.41) is 12.2. The van der Waals surface area contributed by atoms with Crippen molar-refractivity contribution >= 4 is 29.0 Å². The van der Waals surface area contributed by atoms with Crippen molar-refractivity contribution in [2.75, 3.05) is 12.4 Å². The van der Waals surface area contributed by atoms with Crippen LogP contribution in [-0.2, 0) is 4.79 Å². The molecular formula is C19H16F5N5O2S. The van der Waals surface area contributed by atoms with Crippen LogP contribution in [0.3, 0.4) is 0 Å². The van der Waals surface area contributed by atoms with Crippen molar-refractivity contribution in [3.8, 4) is 5.75 Å². The second-order valence-electron chi connectivity index (χ2n) is 7.45. The molecule has 0 bridgehead atoms. The van der Waals surface area contributed by atoms with Gasteiger partial charge >= 0.3 is 6.18 Å². The van der Waals surface area contributed by atoms with E-state index in [2.05, 4.69) is 20.8 Å². The number of carbonyl (C=O) groups excluding carboxylic acids is 1. The molecule has 170 valence electrons. The minimum absolute atomic E-state index is 0.0112. The van der Waals surface area contributed by atoms with Crippen molar-refractivity contribution in [3.05, 3.63) is 47.7 Å². The minimum atomic E-state index is -4.64. The maximum absolute atomic E-state index is 14.3. The van der Waals surface area contributed by atoms with Gasteiger partial charge in [-0.2, -0.15) is 22.1 Å². The molecule has 3 aromatic rings. The number of methoxy groups -OCH3 is 1. The summed E-state index contributed by atoms with van der Waals surface area (Å²) >= 11 is 0.429. The summed E-state index contributed by atoms with van der Waals surface area (Å²) in [5.41, 5.74) is 0.655. The van der Waals surface area contributed by atoms with Crippen LogP contribution >= 0.6 is 11.8 Å². The van der Waals surface area contributed by atoms with Crippen molar-refractivity contribution in [2.45, 2.75) is 35.4 Å². The molecule has 1 amide bonds. The van der Waals surface area contributed by atoms with Gasteiger partial charge in [-0.05, 0) is 42.0 Å². The molecule has 0 aliphatic carbocycles. The minimum Gasteiger partial charge on any atom is -0.493 e. The number of carbonyl (C=O) groups is 1. The molecular weight excluding hydrogens is 457 g/mol. The van der Waals surface area contributed by atoms with E-state index >= 15 is 0 Å². The smallest absolute Gasteiger partial charge is 0.403 e. The van der Waals surface area contributed by atoms with Crippen LogP contribution in [0.15, 0.2) is 30.5 Å². The molecule has 32 heavy (non-hydrogen) atoms. The van der Waals surface area contributed by atoms with Crippen LogP contribution in [0.25, 0.3) is 5.65 Å². The number of alkyl halides is 3. The third kappa shape index (κ3) is 3.74. The average molecular weight is 473 g/mol. The highest BCUT2D eigenvalue weighted by Crippen LogP contribution is 2.59. The normalized spacial score (nSPS) is 23.5. The number of rotatable bonds is 4. The first-order chi connectivity index (χ1) is 15.0. The molecule has 1 aliphatic rings. The fraction of sp³-hybridized carbons (Fsp3) is 0.368. The van der Waals surface area contributed by atoms with E-state index in [9.17, 15) is 26.7 Å². The molecule has 3 atom stereocenters. The van der Waals surface area contributed by atoms with Gasteiger partial charge in [-0.25, -0.2) is 4.39 Å². The number of fused-ring (bicyclic) bond motifs is 1. The number of anilines is 1. The number of benzene rings is 1. The fourth-order valence-electron chi connectivity index (χ4n) is 3.70. The second kappa shape index (κ2) is 7.87. The van der Waals surface area contributed by atoms with Crippen LogP contribution in [0, 0.1) is 11.6 Å². The number of pyridine rings is 1. The predicted molar refractivity (Wildman–Crippen MR) is 106 cm³/mol. The number of hydrogen-bond acceptors (Lipinski definition) is 6. The molecule has 2 aromatic heterocycles. The van der Waals surface area contributed by atoms with Crippen LogP contribution < -0.4 is 10.1 Å². The second-order valence-corrected chi connectivity index (χ2v) is 9.09. The molecule has 1 aliphatic heterocycles. The van der Waals surface area contributed by atoms with Gasteiger partial charge in [-0.1, -0.05) is 6.07 Å². The summed E-state index contributed by atoms with van der Waals surface area (Å²) in [6.07, 6.45) is -3.75. The van der Waals surface area contributed by atoms with E-state index in [4.69, 9.17) is 4.74 Å². The Morgan fingerprint density at radius 1 is 1.28 bits per heavy atom. The zero-order valence-corrected chi connectivity index (χ0v) is 17.5. The number of ether oxygens (including phenoxy) is 1. The van der Waals surface area contributed by atoms with Crippen molar-refractivity contribution in [3.63, 3.8) is 0 Å². The van der Waals surface area contributed by atoms with Gasteiger partial charge in [-0.15, -0.1) is 16.9 Å². The monoisotopic (exact) mass is 473 g/mol. The van der Waals surface area contributed by atoms with Crippen LogP contribution in [-0.4, -0.2) is 49.2 Å². The van der Waals surface area contributed by atoms with Gasteiger partial charge in [-0.3, -0.25) is 4.79 Å². The lowest BCUT2D eigenvalue weighted by molar-refractivity contribution is -0.155. The topological polar surface area (TPSA) is 81.4 Å². The summed E-state index contributed by atoms with van der Waals surface area (Å²) in [5.74, 6) is -4.86. The van der Waals surface area contributed by atoms with E-state index in [0.29, 0.717) is 17.4 Å². The zero-order chi connectivity index (χ0) is 23.3. The molecule has 1 N–H and O–H groups in total. The highest BCUT2D eigenvalue weighted by molar-refractivity contribution is 8.02. The summed E-state index contributed by atoms with van der Waals surface area (Å²) in [7, 11) is 1.09. The number of halogens is 5. The van der Waals surface area contributed by atoms with Crippen LogP contribution in [0.5, 0.6) is 5.75 Å². The molecule has 0 spiro atoms. The number of nitrogens with zero attached hydrogens (tertiary/aromatic N) is 4. The van der Waals surface area contributed by atoms with Crippen molar-refractivity contribution in [2.24, 2.45) is 0 Å².